The molecule has 2 aromatic rings. The minimum atomic E-state index is -1.21. The van der Waals surface area contributed by atoms with Crippen LogP contribution in [0, 0.1) is 0 Å². The fourth-order valence-electron chi connectivity index (χ4n) is 2.44. The van der Waals surface area contributed by atoms with Gasteiger partial charge in [0.25, 0.3) is 0 Å². The molecule has 110 valence electrons. The fraction of sp³-hybridized carbons (Fsp3) is 0.250. The molecule has 0 saturated heterocycles. The number of nitrogen functional groups attached to an aromatic ring is 1. The molecule has 2 aromatic carbocycles. The number of hydrogen-bond donors (Lipinski definition) is 1. The van der Waals surface area contributed by atoms with Gasteiger partial charge >= 0.3 is 0 Å². The van der Waals surface area contributed by atoms with Crippen LogP contribution in [-0.2, 0) is 17.2 Å². The van der Waals surface area contributed by atoms with Crippen molar-refractivity contribution in [1.82, 2.24) is 0 Å². The summed E-state index contributed by atoms with van der Waals surface area (Å²) in [5.74, 6) is 1.97. The zero-order chi connectivity index (χ0) is 14.8. The van der Waals surface area contributed by atoms with Crippen molar-refractivity contribution in [2.75, 3.05) is 18.6 Å². The van der Waals surface area contributed by atoms with Crippen molar-refractivity contribution in [3.05, 3.63) is 48.0 Å². The number of rotatable bonds is 4. The van der Waals surface area contributed by atoms with Crippen LogP contribution in [0.25, 0.3) is 0 Å². The van der Waals surface area contributed by atoms with E-state index in [2.05, 4.69) is 0 Å². The van der Waals surface area contributed by atoms with Crippen molar-refractivity contribution >= 4 is 16.5 Å². The summed E-state index contributed by atoms with van der Waals surface area (Å²) in [6.07, 6.45) is 0.708. The molecule has 2 N–H and O–H groups in total. The lowest BCUT2D eigenvalue weighted by Crippen LogP contribution is -2.22. The van der Waals surface area contributed by atoms with Crippen LogP contribution < -0.4 is 15.2 Å². The SMILES string of the molecule is COc1ccc(N)c(S(=O)CC2Cc3ccccc3O2)c1. The van der Waals surface area contributed by atoms with Gasteiger partial charge in [-0.25, -0.2) is 0 Å². The lowest BCUT2D eigenvalue weighted by atomic mass is 10.1. The van der Waals surface area contributed by atoms with Gasteiger partial charge in [-0.05, 0) is 29.8 Å². The van der Waals surface area contributed by atoms with Gasteiger partial charge < -0.3 is 15.2 Å². The van der Waals surface area contributed by atoms with E-state index in [0.717, 1.165) is 17.7 Å². The zero-order valence-corrected chi connectivity index (χ0v) is 12.6. The van der Waals surface area contributed by atoms with E-state index >= 15 is 0 Å². The van der Waals surface area contributed by atoms with Gasteiger partial charge in [0.05, 0.1) is 28.6 Å². The molecular formula is C16H17NO3S. The van der Waals surface area contributed by atoms with Crippen LogP contribution in [0.1, 0.15) is 5.56 Å². The summed E-state index contributed by atoms with van der Waals surface area (Å²) < 4.78 is 23.5. The maximum Gasteiger partial charge on any atom is 0.123 e. The summed E-state index contributed by atoms with van der Waals surface area (Å²) in [6.45, 7) is 0. The van der Waals surface area contributed by atoms with Crippen LogP contribution in [0.5, 0.6) is 11.5 Å². The third-order valence-electron chi connectivity index (χ3n) is 3.52. The lowest BCUT2D eigenvalue weighted by Gasteiger charge is -2.12. The van der Waals surface area contributed by atoms with E-state index in [-0.39, 0.29) is 6.10 Å². The number of methoxy groups -OCH3 is 1. The van der Waals surface area contributed by atoms with Gasteiger partial charge in [-0.2, -0.15) is 0 Å². The summed E-state index contributed by atoms with van der Waals surface area (Å²) in [6, 6.07) is 13.1. The van der Waals surface area contributed by atoms with Gasteiger partial charge in [0.15, 0.2) is 0 Å². The molecule has 0 amide bonds. The molecule has 0 bridgehead atoms. The Balaban J connectivity index is 1.73. The molecule has 1 aliphatic heterocycles. The first-order valence-corrected chi connectivity index (χ1v) is 8.05. The van der Waals surface area contributed by atoms with E-state index in [1.54, 1.807) is 25.3 Å². The summed E-state index contributed by atoms with van der Waals surface area (Å²) in [7, 11) is 0.363. The molecular weight excluding hydrogens is 286 g/mol. The summed E-state index contributed by atoms with van der Waals surface area (Å²) in [5.41, 5.74) is 7.60. The Hall–Kier alpha value is -2.01. The maximum absolute atomic E-state index is 12.5. The molecule has 2 unspecified atom stereocenters. The van der Waals surface area contributed by atoms with E-state index in [4.69, 9.17) is 15.2 Å². The molecule has 1 heterocycles. The van der Waals surface area contributed by atoms with E-state index in [1.165, 1.54) is 0 Å². The van der Waals surface area contributed by atoms with Crippen LogP contribution in [0.2, 0.25) is 0 Å². The predicted molar refractivity (Wildman–Crippen MR) is 83.2 cm³/mol. The topological polar surface area (TPSA) is 61.5 Å². The largest absolute Gasteiger partial charge is 0.497 e. The highest BCUT2D eigenvalue weighted by atomic mass is 32.2. The summed E-state index contributed by atoms with van der Waals surface area (Å²) in [4.78, 5) is 0.605. The molecule has 5 heteroatoms. The normalized spacial score (nSPS) is 17.9. The number of para-hydroxylation sites is 1. The van der Waals surface area contributed by atoms with Gasteiger partial charge in [-0.1, -0.05) is 18.2 Å². The predicted octanol–water partition coefficient (Wildman–Crippen LogP) is 2.39. The molecule has 2 atom stereocenters. The highest BCUT2D eigenvalue weighted by molar-refractivity contribution is 7.85. The van der Waals surface area contributed by atoms with Gasteiger partial charge in [0, 0.05) is 12.1 Å². The van der Waals surface area contributed by atoms with Crippen molar-refractivity contribution in [3.8, 4) is 11.5 Å². The van der Waals surface area contributed by atoms with Crippen LogP contribution >= 0.6 is 0 Å². The Bertz CT molecular complexity index is 662. The quantitative estimate of drug-likeness (QED) is 0.881. The molecule has 0 radical (unpaired) electrons. The molecule has 0 saturated carbocycles. The summed E-state index contributed by atoms with van der Waals surface area (Å²) >= 11 is 0. The molecule has 3 rings (SSSR count). The number of fused-ring (bicyclic) bond motifs is 1. The van der Waals surface area contributed by atoms with Crippen LogP contribution in [0.15, 0.2) is 47.4 Å². The zero-order valence-electron chi connectivity index (χ0n) is 11.7. The minimum Gasteiger partial charge on any atom is -0.497 e. The number of benzene rings is 2. The Morgan fingerprint density at radius 2 is 2.14 bits per heavy atom. The fourth-order valence-corrected chi connectivity index (χ4v) is 3.73. The third-order valence-corrected chi connectivity index (χ3v) is 5.04. The average Bonchev–Trinajstić information content (AvgIpc) is 2.89. The van der Waals surface area contributed by atoms with Gasteiger partial charge in [0.1, 0.15) is 17.6 Å². The van der Waals surface area contributed by atoms with Gasteiger partial charge in [0.2, 0.25) is 0 Å². The van der Waals surface area contributed by atoms with Gasteiger partial charge in [-0.15, -0.1) is 0 Å². The van der Waals surface area contributed by atoms with E-state index < -0.39 is 10.8 Å². The maximum atomic E-state index is 12.5. The summed E-state index contributed by atoms with van der Waals surface area (Å²) in [5, 5.41) is 0. The first kappa shape index (κ1) is 13.9. The van der Waals surface area contributed by atoms with Gasteiger partial charge in [-0.3, -0.25) is 4.21 Å². The number of anilines is 1. The van der Waals surface area contributed by atoms with Crippen LogP contribution in [0.3, 0.4) is 0 Å². The molecule has 0 aromatic heterocycles. The number of ether oxygens (including phenoxy) is 2. The van der Waals surface area contributed by atoms with E-state index in [9.17, 15) is 4.21 Å². The van der Waals surface area contributed by atoms with Crippen molar-refractivity contribution in [3.63, 3.8) is 0 Å². The standard InChI is InChI=1S/C16H17NO3S/c1-19-12-6-7-14(17)16(9-12)21(18)10-13-8-11-4-2-3-5-15(11)20-13/h2-7,9,13H,8,10,17H2,1H3. The highest BCUT2D eigenvalue weighted by Gasteiger charge is 2.25. The smallest absolute Gasteiger partial charge is 0.123 e. The monoisotopic (exact) mass is 303 g/mol. The van der Waals surface area contributed by atoms with E-state index in [0.29, 0.717) is 22.1 Å². The van der Waals surface area contributed by atoms with Crippen molar-refractivity contribution in [2.24, 2.45) is 0 Å². The third kappa shape index (κ3) is 2.88. The number of hydrogen-bond acceptors (Lipinski definition) is 4. The first-order chi connectivity index (χ1) is 10.2. The second-order valence-electron chi connectivity index (χ2n) is 4.97. The lowest BCUT2D eigenvalue weighted by molar-refractivity contribution is 0.258. The first-order valence-electron chi connectivity index (χ1n) is 6.74. The second-order valence-corrected chi connectivity index (χ2v) is 6.43. The molecule has 21 heavy (non-hydrogen) atoms. The molecule has 0 spiro atoms. The van der Waals surface area contributed by atoms with Crippen molar-refractivity contribution in [2.45, 2.75) is 17.4 Å². The molecule has 0 aliphatic carbocycles. The Kier molecular flexibility index (Phi) is 3.84. The average molecular weight is 303 g/mol. The molecule has 0 fully saturated rings. The Morgan fingerprint density at radius 3 is 2.90 bits per heavy atom. The Labute approximate surface area is 126 Å². The van der Waals surface area contributed by atoms with Crippen molar-refractivity contribution in [1.29, 1.82) is 0 Å². The second kappa shape index (κ2) is 5.77. The van der Waals surface area contributed by atoms with Crippen LogP contribution in [-0.4, -0.2) is 23.2 Å². The highest BCUT2D eigenvalue weighted by Crippen LogP contribution is 2.30. The van der Waals surface area contributed by atoms with E-state index in [1.807, 2.05) is 24.3 Å². The number of nitrogens with two attached hydrogens (primary N) is 1. The van der Waals surface area contributed by atoms with Crippen LogP contribution in [0.4, 0.5) is 5.69 Å². The molecule has 1 aliphatic rings. The van der Waals surface area contributed by atoms with Crippen molar-refractivity contribution < 1.29 is 13.7 Å². The Morgan fingerprint density at radius 1 is 1.33 bits per heavy atom. The molecule has 4 nitrogen and oxygen atoms in total. The minimum absolute atomic E-state index is 0.0752.